The van der Waals surface area contributed by atoms with Crippen LogP contribution in [0.25, 0.3) is 12.2 Å². The van der Waals surface area contributed by atoms with E-state index in [4.69, 9.17) is 9.05 Å². The van der Waals surface area contributed by atoms with Crippen molar-refractivity contribution < 1.29 is 18.5 Å². The fraction of sp³-hybridized carbons (Fsp3) is 0.263. The molecule has 138 valence electrons. The molecule has 0 aliphatic rings. The van der Waals surface area contributed by atoms with E-state index in [0.29, 0.717) is 13.2 Å². The average Bonchev–Trinajstić information content (AvgIpc) is 2.62. The highest BCUT2D eigenvalue weighted by Gasteiger charge is 2.23. The molecule has 0 aliphatic carbocycles. The van der Waals surface area contributed by atoms with Gasteiger partial charge in [-0.2, -0.15) is 0 Å². The van der Waals surface area contributed by atoms with Crippen LogP contribution in [0.4, 0.5) is 5.69 Å². The normalized spacial score (nSPS) is 11.8. The Bertz CT molecular complexity index is 790. The van der Waals surface area contributed by atoms with Crippen LogP contribution in [0.3, 0.4) is 0 Å². The first-order chi connectivity index (χ1) is 12.5. The van der Waals surface area contributed by atoms with Gasteiger partial charge in [0, 0.05) is 12.1 Å². The summed E-state index contributed by atoms with van der Waals surface area (Å²) in [5.41, 5.74) is 2.79. The lowest BCUT2D eigenvalue weighted by molar-refractivity contribution is -0.384. The Labute approximate surface area is 153 Å². The van der Waals surface area contributed by atoms with Gasteiger partial charge >= 0.3 is 7.60 Å². The van der Waals surface area contributed by atoms with Gasteiger partial charge in [0.1, 0.15) is 0 Å². The summed E-state index contributed by atoms with van der Waals surface area (Å²) in [6.45, 7) is 4.26. The molecule has 0 saturated carbocycles. The third-order valence-electron chi connectivity index (χ3n) is 3.58. The van der Waals surface area contributed by atoms with E-state index >= 15 is 0 Å². The molecule has 0 heterocycles. The van der Waals surface area contributed by atoms with Crippen molar-refractivity contribution in [2.45, 2.75) is 20.0 Å². The molecule has 2 aromatic rings. The number of benzene rings is 2. The second-order valence-electron chi connectivity index (χ2n) is 5.53. The Hall–Kier alpha value is -2.27. The van der Waals surface area contributed by atoms with E-state index in [2.05, 4.69) is 0 Å². The van der Waals surface area contributed by atoms with Crippen LogP contribution in [0.1, 0.15) is 30.5 Å². The number of rotatable bonds is 9. The van der Waals surface area contributed by atoms with Crippen LogP contribution in [0.15, 0.2) is 48.5 Å². The Kier molecular flexibility index (Phi) is 7.27. The van der Waals surface area contributed by atoms with Gasteiger partial charge in [-0.15, -0.1) is 0 Å². The molecule has 2 aromatic carbocycles. The second-order valence-corrected chi connectivity index (χ2v) is 7.58. The Morgan fingerprint density at radius 1 is 0.923 bits per heavy atom. The third-order valence-corrected chi connectivity index (χ3v) is 5.64. The quantitative estimate of drug-likeness (QED) is 0.249. The third kappa shape index (κ3) is 5.92. The largest absolute Gasteiger partial charge is 0.335 e. The van der Waals surface area contributed by atoms with Crippen LogP contribution in [-0.4, -0.2) is 18.1 Å². The molecular formula is C19H22NO5P. The van der Waals surface area contributed by atoms with Gasteiger partial charge in [-0.1, -0.05) is 36.4 Å². The van der Waals surface area contributed by atoms with E-state index in [1.807, 2.05) is 36.4 Å². The molecule has 0 N–H and O–H groups in total. The van der Waals surface area contributed by atoms with Gasteiger partial charge in [-0.3, -0.25) is 14.7 Å². The lowest BCUT2D eigenvalue weighted by Crippen LogP contribution is -1.99. The standard InChI is InChI=1S/C19H22NO5P/c1-3-24-26(23,25-4-2)15-18-9-7-16(8-10-18)5-6-17-11-13-19(14-12-17)20(21)22/h5-14H,3-4,15H2,1-2H3/b6-5+. The maximum Gasteiger partial charge on any atom is 0.335 e. The van der Waals surface area contributed by atoms with Gasteiger partial charge in [0.25, 0.3) is 5.69 Å². The van der Waals surface area contributed by atoms with E-state index in [0.717, 1.165) is 16.7 Å². The summed E-state index contributed by atoms with van der Waals surface area (Å²) in [5, 5.41) is 10.7. The van der Waals surface area contributed by atoms with E-state index in [1.54, 1.807) is 26.0 Å². The summed E-state index contributed by atoms with van der Waals surface area (Å²) in [7, 11) is -3.11. The minimum absolute atomic E-state index is 0.0690. The van der Waals surface area contributed by atoms with Crippen molar-refractivity contribution in [2.75, 3.05) is 13.2 Å². The molecular weight excluding hydrogens is 353 g/mol. The summed E-state index contributed by atoms with van der Waals surface area (Å²) in [6.07, 6.45) is 4.03. The molecule has 6 nitrogen and oxygen atoms in total. The zero-order chi connectivity index (χ0) is 19.0. The van der Waals surface area contributed by atoms with Crippen LogP contribution in [-0.2, 0) is 19.8 Å². The first-order valence-corrected chi connectivity index (χ1v) is 10.1. The Morgan fingerprint density at radius 2 is 1.38 bits per heavy atom. The van der Waals surface area contributed by atoms with Gasteiger partial charge in [0.05, 0.1) is 24.3 Å². The molecule has 2 rings (SSSR count). The summed E-state index contributed by atoms with van der Waals surface area (Å²) >= 11 is 0. The first kappa shape index (κ1) is 20.0. The molecule has 0 amide bonds. The summed E-state index contributed by atoms with van der Waals surface area (Å²) < 4.78 is 23.2. The van der Waals surface area contributed by atoms with Crippen molar-refractivity contribution in [1.82, 2.24) is 0 Å². The summed E-state index contributed by atoms with van der Waals surface area (Å²) in [5.74, 6) is 0. The molecule has 0 bridgehead atoms. The van der Waals surface area contributed by atoms with Crippen LogP contribution in [0.5, 0.6) is 0 Å². The fourth-order valence-corrected chi connectivity index (χ4v) is 4.08. The number of nitro benzene ring substituents is 1. The molecule has 0 atom stereocenters. The van der Waals surface area contributed by atoms with Crippen molar-refractivity contribution in [1.29, 1.82) is 0 Å². The molecule has 0 unspecified atom stereocenters. The predicted octanol–water partition coefficient (Wildman–Crippen LogP) is 5.53. The fourth-order valence-electron chi connectivity index (χ4n) is 2.38. The highest BCUT2D eigenvalue weighted by Crippen LogP contribution is 2.51. The Balaban J connectivity index is 2.04. The number of hydrogen-bond acceptors (Lipinski definition) is 5. The zero-order valence-electron chi connectivity index (χ0n) is 14.8. The topological polar surface area (TPSA) is 78.7 Å². The van der Waals surface area contributed by atoms with Crippen molar-refractivity contribution >= 4 is 25.4 Å². The SMILES string of the molecule is CCOP(=O)(Cc1ccc(/C=C/c2ccc([N+](=O)[O-])cc2)cc1)OCC. The summed E-state index contributed by atoms with van der Waals surface area (Å²) in [6, 6.07) is 14.0. The van der Waals surface area contributed by atoms with Gasteiger partial charge in [0.15, 0.2) is 0 Å². The van der Waals surface area contributed by atoms with Crippen molar-refractivity contribution in [3.8, 4) is 0 Å². The van der Waals surface area contributed by atoms with E-state index in [9.17, 15) is 14.7 Å². The van der Waals surface area contributed by atoms with Crippen LogP contribution >= 0.6 is 7.60 Å². The van der Waals surface area contributed by atoms with Gasteiger partial charge in [0.2, 0.25) is 0 Å². The smallest absolute Gasteiger partial charge is 0.309 e. The zero-order valence-corrected chi connectivity index (χ0v) is 15.7. The maximum absolute atomic E-state index is 12.5. The highest BCUT2D eigenvalue weighted by atomic mass is 31.2. The van der Waals surface area contributed by atoms with E-state index in [1.165, 1.54) is 12.1 Å². The second kappa shape index (κ2) is 9.43. The van der Waals surface area contributed by atoms with E-state index < -0.39 is 12.5 Å². The number of nitrogens with zero attached hydrogens (tertiary/aromatic N) is 1. The molecule has 0 fully saturated rings. The van der Waals surface area contributed by atoms with Crippen molar-refractivity contribution in [2.24, 2.45) is 0 Å². The minimum atomic E-state index is -3.11. The average molecular weight is 375 g/mol. The molecule has 7 heteroatoms. The molecule has 0 aromatic heterocycles. The monoisotopic (exact) mass is 375 g/mol. The van der Waals surface area contributed by atoms with Crippen molar-refractivity contribution in [3.05, 3.63) is 75.3 Å². The van der Waals surface area contributed by atoms with Crippen LogP contribution in [0, 0.1) is 10.1 Å². The minimum Gasteiger partial charge on any atom is -0.309 e. The molecule has 0 spiro atoms. The molecule has 0 radical (unpaired) electrons. The number of hydrogen-bond donors (Lipinski definition) is 0. The Morgan fingerprint density at radius 3 is 1.81 bits per heavy atom. The van der Waals surface area contributed by atoms with Gasteiger partial charge in [-0.05, 0) is 42.7 Å². The highest BCUT2D eigenvalue weighted by molar-refractivity contribution is 7.53. The molecule has 26 heavy (non-hydrogen) atoms. The number of non-ortho nitro benzene ring substituents is 1. The van der Waals surface area contributed by atoms with E-state index in [-0.39, 0.29) is 11.8 Å². The maximum atomic E-state index is 12.5. The van der Waals surface area contributed by atoms with Gasteiger partial charge in [-0.25, -0.2) is 0 Å². The van der Waals surface area contributed by atoms with Crippen LogP contribution in [0.2, 0.25) is 0 Å². The van der Waals surface area contributed by atoms with Gasteiger partial charge < -0.3 is 9.05 Å². The van der Waals surface area contributed by atoms with Crippen molar-refractivity contribution in [3.63, 3.8) is 0 Å². The van der Waals surface area contributed by atoms with Crippen LogP contribution < -0.4 is 0 Å². The lowest BCUT2D eigenvalue weighted by atomic mass is 10.1. The lowest BCUT2D eigenvalue weighted by Gasteiger charge is -2.16. The first-order valence-electron chi connectivity index (χ1n) is 8.35. The molecule has 0 saturated heterocycles. The number of nitro groups is 1. The molecule has 0 aliphatic heterocycles. The summed E-state index contributed by atoms with van der Waals surface area (Å²) in [4.78, 5) is 10.2. The predicted molar refractivity (Wildman–Crippen MR) is 103 cm³/mol.